The van der Waals surface area contributed by atoms with Crippen molar-refractivity contribution < 1.29 is 14.6 Å². The van der Waals surface area contributed by atoms with Gasteiger partial charge in [-0.2, -0.15) is 4.98 Å². The molecule has 0 spiro atoms. The minimum atomic E-state index is -0.0446. The van der Waals surface area contributed by atoms with Gasteiger partial charge in [0, 0.05) is 12.1 Å². The first-order chi connectivity index (χ1) is 7.15. The molecule has 0 bridgehead atoms. The summed E-state index contributed by atoms with van der Waals surface area (Å²) in [6.07, 6.45) is 0.0564. The summed E-state index contributed by atoms with van der Waals surface area (Å²) in [5, 5.41) is 9.05. The molecule has 0 radical (unpaired) electrons. The smallest absolute Gasteiger partial charge is 0.217 e. The van der Waals surface area contributed by atoms with Crippen LogP contribution in [0.2, 0.25) is 0 Å². The standard InChI is InChI=1S/C11H17NO3/c1-4-14-10-5-9(7-13)6-11(12-10)15-8(2)3/h5-6,8,13H,4,7H2,1-3H3. The van der Waals surface area contributed by atoms with Gasteiger partial charge in [0.15, 0.2) is 0 Å². The molecule has 4 nitrogen and oxygen atoms in total. The lowest BCUT2D eigenvalue weighted by Crippen LogP contribution is -2.08. The fraction of sp³-hybridized carbons (Fsp3) is 0.545. The van der Waals surface area contributed by atoms with Crippen LogP contribution in [-0.2, 0) is 6.61 Å². The fourth-order valence-corrected chi connectivity index (χ4v) is 1.15. The van der Waals surface area contributed by atoms with Gasteiger partial charge in [-0.3, -0.25) is 0 Å². The summed E-state index contributed by atoms with van der Waals surface area (Å²) in [5.41, 5.74) is 0.740. The van der Waals surface area contributed by atoms with E-state index in [-0.39, 0.29) is 12.7 Å². The number of ether oxygens (including phenoxy) is 2. The van der Waals surface area contributed by atoms with Crippen LogP contribution in [-0.4, -0.2) is 22.8 Å². The van der Waals surface area contributed by atoms with Crippen LogP contribution in [0.4, 0.5) is 0 Å². The van der Waals surface area contributed by atoms with E-state index in [1.807, 2.05) is 20.8 Å². The summed E-state index contributed by atoms with van der Waals surface area (Å²) in [6, 6.07) is 3.42. The number of pyridine rings is 1. The van der Waals surface area contributed by atoms with Crippen LogP contribution in [0, 0.1) is 0 Å². The fourth-order valence-electron chi connectivity index (χ4n) is 1.15. The summed E-state index contributed by atoms with van der Waals surface area (Å²) < 4.78 is 10.7. The molecular formula is C11H17NO3. The summed E-state index contributed by atoms with van der Waals surface area (Å²) >= 11 is 0. The van der Waals surface area contributed by atoms with E-state index < -0.39 is 0 Å². The molecule has 1 aromatic rings. The molecule has 15 heavy (non-hydrogen) atoms. The van der Waals surface area contributed by atoms with E-state index in [9.17, 15) is 0 Å². The maximum Gasteiger partial charge on any atom is 0.217 e. The molecule has 1 aromatic heterocycles. The Morgan fingerprint density at radius 2 is 2.00 bits per heavy atom. The summed E-state index contributed by atoms with van der Waals surface area (Å²) in [4.78, 5) is 4.16. The molecule has 0 fully saturated rings. The SMILES string of the molecule is CCOc1cc(CO)cc(OC(C)C)n1. The van der Waals surface area contributed by atoms with Gasteiger partial charge in [0.05, 0.1) is 19.3 Å². The molecule has 4 heteroatoms. The number of nitrogens with zero attached hydrogens (tertiary/aromatic N) is 1. The van der Waals surface area contributed by atoms with Crippen molar-refractivity contribution in [2.75, 3.05) is 6.61 Å². The molecular weight excluding hydrogens is 194 g/mol. The van der Waals surface area contributed by atoms with Crippen molar-refractivity contribution >= 4 is 0 Å². The average Bonchev–Trinajstić information content (AvgIpc) is 2.16. The second-order valence-electron chi connectivity index (χ2n) is 3.41. The van der Waals surface area contributed by atoms with Crippen LogP contribution in [0.3, 0.4) is 0 Å². The third-order valence-electron chi connectivity index (χ3n) is 1.67. The van der Waals surface area contributed by atoms with Crippen LogP contribution < -0.4 is 9.47 Å². The average molecular weight is 211 g/mol. The number of rotatable bonds is 5. The first-order valence-corrected chi connectivity index (χ1v) is 5.07. The minimum absolute atomic E-state index is 0.0446. The minimum Gasteiger partial charge on any atom is -0.478 e. The van der Waals surface area contributed by atoms with Gasteiger partial charge in [-0.25, -0.2) is 0 Å². The Labute approximate surface area is 89.9 Å². The third kappa shape index (κ3) is 3.75. The van der Waals surface area contributed by atoms with Crippen LogP contribution in [0.25, 0.3) is 0 Å². The van der Waals surface area contributed by atoms with Crippen molar-refractivity contribution in [2.24, 2.45) is 0 Å². The van der Waals surface area contributed by atoms with E-state index in [0.717, 1.165) is 5.56 Å². The number of aliphatic hydroxyl groups is 1. The first kappa shape index (κ1) is 11.8. The van der Waals surface area contributed by atoms with Crippen LogP contribution in [0.15, 0.2) is 12.1 Å². The van der Waals surface area contributed by atoms with Gasteiger partial charge in [-0.1, -0.05) is 0 Å². The second-order valence-corrected chi connectivity index (χ2v) is 3.41. The Morgan fingerprint density at radius 3 is 2.53 bits per heavy atom. The first-order valence-electron chi connectivity index (χ1n) is 5.07. The lowest BCUT2D eigenvalue weighted by molar-refractivity contribution is 0.224. The highest BCUT2D eigenvalue weighted by Gasteiger charge is 2.05. The highest BCUT2D eigenvalue weighted by molar-refractivity contribution is 5.28. The van der Waals surface area contributed by atoms with E-state index in [4.69, 9.17) is 14.6 Å². The van der Waals surface area contributed by atoms with Crippen molar-refractivity contribution in [2.45, 2.75) is 33.5 Å². The molecule has 0 unspecified atom stereocenters. The van der Waals surface area contributed by atoms with Crippen LogP contribution in [0.5, 0.6) is 11.8 Å². The number of hydrogen-bond acceptors (Lipinski definition) is 4. The topological polar surface area (TPSA) is 51.6 Å². The molecule has 1 N–H and O–H groups in total. The highest BCUT2D eigenvalue weighted by Crippen LogP contribution is 2.19. The highest BCUT2D eigenvalue weighted by atomic mass is 16.5. The van der Waals surface area contributed by atoms with Crippen molar-refractivity contribution in [3.05, 3.63) is 17.7 Å². The van der Waals surface area contributed by atoms with Gasteiger partial charge in [0.1, 0.15) is 0 Å². The molecule has 84 valence electrons. The largest absolute Gasteiger partial charge is 0.478 e. The van der Waals surface area contributed by atoms with Gasteiger partial charge < -0.3 is 14.6 Å². The van der Waals surface area contributed by atoms with Gasteiger partial charge in [0.25, 0.3) is 0 Å². The molecule has 1 heterocycles. The van der Waals surface area contributed by atoms with Gasteiger partial charge in [0.2, 0.25) is 11.8 Å². The normalized spacial score (nSPS) is 10.5. The predicted molar refractivity (Wildman–Crippen MR) is 57.1 cm³/mol. The van der Waals surface area contributed by atoms with Gasteiger partial charge in [-0.05, 0) is 26.3 Å². The number of aromatic nitrogens is 1. The molecule has 0 saturated carbocycles. The zero-order valence-corrected chi connectivity index (χ0v) is 9.36. The number of aliphatic hydroxyl groups excluding tert-OH is 1. The Kier molecular flexibility index (Phi) is 4.37. The Hall–Kier alpha value is -1.29. The summed E-state index contributed by atoms with van der Waals surface area (Å²) in [5.74, 6) is 0.972. The molecule has 1 rings (SSSR count). The van der Waals surface area contributed by atoms with Crippen molar-refractivity contribution in [1.29, 1.82) is 0 Å². The zero-order chi connectivity index (χ0) is 11.3. The molecule has 0 amide bonds. The Balaban J connectivity index is 2.89. The van der Waals surface area contributed by atoms with E-state index in [0.29, 0.717) is 18.4 Å². The lowest BCUT2D eigenvalue weighted by Gasteiger charge is -2.11. The lowest BCUT2D eigenvalue weighted by atomic mass is 10.3. The second kappa shape index (κ2) is 5.56. The maximum absolute atomic E-state index is 9.05. The van der Waals surface area contributed by atoms with Gasteiger partial charge in [-0.15, -0.1) is 0 Å². The van der Waals surface area contributed by atoms with E-state index in [1.54, 1.807) is 12.1 Å². The zero-order valence-electron chi connectivity index (χ0n) is 9.36. The summed E-state index contributed by atoms with van der Waals surface area (Å²) in [6.45, 7) is 6.23. The molecule has 0 aliphatic rings. The van der Waals surface area contributed by atoms with E-state index >= 15 is 0 Å². The van der Waals surface area contributed by atoms with E-state index in [2.05, 4.69) is 4.98 Å². The molecule has 0 aromatic carbocycles. The quantitative estimate of drug-likeness (QED) is 0.806. The van der Waals surface area contributed by atoms with Crippen LogP contribution >= 0.6 is 0 Å². The molecule has 0 aliphatic heterocycles. The van der Waals surface area contributed by atoms with Crippen molar-refractivity contribution in [3.8, 4) is 11.8 Å². The maximum atomic E-state index is 9.05. The van der Waals surface area contributed by atoms with Crippen LogP contribution in [0.1, 0.15) is 26.3 Å². The van der Waals surface area contributed by atoms with E-state index in [1.165, 1.54) is 0 Å². The van der Waals surface area contributed by atoms with Gasteiger partial charge >= 0.3 is 0 Å². The predicted octanol–water partition coefficient (Wildman–Crippen LogP) is 1.76. The van der Waals surface area contributed by atoms with Crippen molar-refractivity contribution in [1.82, 2.24) is 4.98 Å². The third-order valence-corrected chi connectivity index (χ3v) is 1.67. The number of hydrogen-bond donors (Lipinski definition) is 1. The molecule has 0 aliphatic carbocycles. The molecule has 0 atom stereocenters. The Morgan fingerprint density at radius 1 is 1.33 bits per heavy atom. The monoisotopic (exact) mass is 211 g/mol. The van der Waals surface area contributed by atoms with Crippen molar-refractivity contribution in [3.63, 3.8) is 0 Å². The summed E-state index contributed by atoms with van der Waals surface area (Å²) in [7, 11) is 0. The molecule has 0 saturated heterocycles. The Bertz CT molecular complexity index is 313.